The number of halogens is 3. The van der Waals surface area contributed by atoms with Gasteiger partial charge in [-0.05, 0) is 68.5 Å². The van der Waals surface area contributed by atoms with E-state index >= 15 is 0 Å². The highest BCUT2D eigenvalue weighted by Crippen LogP contribution is 2.34. The molecular weight excluding hydrogens is 567 g/mol. The Bertz CT molecular complexity index is 1590. The van der Waals surface area contributed by atoms with Crippen molar-refractivity contribution in [3.05, 3.63) is 78.0 Å². The number of pyridine rings is 2. The number of nitrogens with zero attached hydrogens (tertiary/aromatic N) is 5. The van der Waals surface area contributed by atoms with Crippen molar-refractivity contribution in [2.24, 2.45) is 5.92 Å². The third-order valence-electron chi connectivity index (χ3n) is 8.73. The van der Waals surface area contributed by atoms with E-state index in [-0.39, 0.29) is 11.3 Å². The molecule has 1 fully saturated rings. The number of hydrogen-bond donors (Lipinski definition) is 2. The zero-order valence-corrected chi connectivity index (χ0v) is 25.3. The van der Waals surface area contributed by atoms with Crippen LogP contribution in [0.2, 0.25) is 0 Å². The molecule has 0 saturated carbocycles. The minimum absolute atomic E-state index is 0.146. The molecule has 1 aliphatic heterocycles. The molecule has 0 spiro atoms. The summed E-state index contributed by atoms with van der Waals surface area (Å²) in [6.07, 6.45) is 3.90. The van der Waals surface area contributed by atoms with Crippen molar-refractivity contribution in [1.82, 2.24) is 30.2 Å². The van der Waals surface area contributed by atoms with Crippen LogP contribution in [0.5, 0.6) is 0 Å². The van der Waals surface area contributed by atoms with E-state index in [4.69, 9.17) is 0 Å². The van der Waals surface area contributed by atoms with Gasteiger partial charge in [0.2, 0.25) is 0 Å². The van der Waals surface area contributed by atoms with Gasteiger partial charge in [-0.3, -0.25) is 19.7 Å². The van der Waals surface area contributed by atoms with Crippen LogP contribution in [0.1, 0.15) is 54.7 Å². The van der Waals surface area contributed by atoms with Gasteiger partial charge in [-0.2, -0.15) is 13.2 Å². The average Bonchev–Trinajstić information content (AvgIpc) is 3.03. The van der Waals surface area contributed by atoms with E-state index < -0.39 is 12.7 Å². The first kappa shape index (κ1) is 31.3. The fourth-order valence-electron chi connectivity index (χ4n) is 5.90. The van der Waals surface area contributed by atoms with Crippen LogP contribution in [0.4, 0.5) is 19.0 Å². The lowest BCUT2D eigenvalue weighted by Crippen LogP contribution is -2.40. The molecular formula is C33H38F3N7O. The summed E-state index contributed by atoms with van der Waals surface area (Å²) in [4.78, 5) is 32.2. The molecule has 232 valence electrons. The van der Waals surface area contributed by atoms with E-state index in [0.717, 1.165) is 59.1 Å². The summed E-state index contributed by atoms with van der Waals surface area (Å²) in [6.45, 7) is 4.99. The predicted octanol–water partition coefficient (Wildman–Crippen LogP) is 6.04. The summed E-state index contributed by atoms with van der Waals surface area (Å²) in [5, 5.41) is 7.01. The van der Waals surface area contributed by atoms with Gasteiger partial charge in [0.15, 0.2) is 0 Å². The van der Waals surface area contributed by atoms with Gasteiger partial charge in [0.1, 0.15) is 12.1 Å². The summed E-state index contributed by atoms with van der Waals surface area (Å²) < 4.78 is 38.1. The molecule has 8 nitrogen and oxygen atoms in total. The van der Waals surface area contributed by atoms with Crippen LogP contribution in [-0.2, 0) is 11.8 Å². The number of aromatic nitrogens is 4. The number of piperidine rings is 1. The summed E-state index contributed by atoms with van der Waals surface area (Å²) in [6, 6.07) is 13.6. The monoisotopic (exact) mass is 605 g/mol. The fraction of sp³-hybridized carbons (Fsp3) is 0.424. The molecule has 1 amide bonds. The van der Waals surface area contributed by atoms with Crippen LogP contribution in [0, 0.1) is 5.92 Å². The number of fused-ring (bicyclic) bond motifs is 1. The Hall–Kier alpha value is -4.12. The van der Waals surface area contributed by atoms with Crippen molar-refractivity contribution in [3.63, 3.8) is 0 Å². The maximum Gasteiger partial charge on any atom is 0.401 e. The number of carbonyl (C=O) groups excluding carboxylic acids is 1. The number of benzene rings is 1. The van der Waals surface area contributed by atoms with Crippen molar-refractivity contribution in [2.45, 2.75) is 51.1 Å². The third-order valence-corrected chi connectivity index (χ3v) is 8.73. The Kier molecular flexibility index (Phi) is 9.43. The molecule has 4 heterocycles. The lowest BCUT2D eigenvalue weighted by molar-refractivity contribution is -0.148. The quantitative estimate of drug-likeness (QED) is 0.228. The number of carbonyl (C=O) groups is 1. The second-order valence-electron chi connectivity index (χ2n) is 11.8. The third kappa shape index (κ3) is 7.32. The van der Waals surface area contributed by atoms with E-state index in [1.165, 1.54) is 11.2 Å². The smallest absolute Gasteiger partial charge is 0.369 e. The van der Waals surface area contributed by atoms with Gasteiger partial charge in [0.05, 0.1) is 23.3 Å². The maximum absolute atomic E-state index is 12.7. The zero-order chi connectivity index (χ0) is 31.3. The van der Waals surface area contributed by atoms with Crippen molar-refractivity contribution in [2.75, 3.05) is 38.5 Å². The molecule has 0 aliphatic carbocycles. The molecule has 5 rings (SSSR count). The average molecular weight is 606 g/mol. The van der Waals surface area contributed by atoms with Crippen LogP contribution in [0.25, 0.3) is 22.2 Å². The molecule has 4 aromatic rings. The van der Waals surface area contributed by atoms with Crippen molar-refractivity contribution < 1.29 is 18.0 Å². The van der Waals surface area contributed by atoms with Gasteiger partial charge in [-0.25, -0.2) is 9.97 Å². The van der Waals surface area contributed by atoms with Crippen LogP contribution in [-0.4, -0.2) is 70.1 Å². The van der Waals surface area contributed by atoms with Crippen molar-refractivity contribution in [3.8, 4) is 11.3 Å². The van der Waals surface area contributed by atoms with Crippen molar-refractivity contribution >= 4 is 22.6 Å². The predicted molar refractivity (Wildman–Crippen MR) is 165 cm³/mol. The SMILES string of the molecule is CC[C@](C)(CNc1cc(-c2ccc(CC3CCN(CC(F)(F)F)CC3)nc2)ncn1)c1cccc2c(C(=O)NC)ccnc12. The highest BCUT2D eigenvalue weighted by Gasteiger charge is 2.32. The van der Waals surface area contributed by atoms with Gasteiger partial charge >= 0.3 is 6.18 Å². The summed E-state index contributed by atoms with van der Waals surface area (Å²) in [5.74, 6) is 0.864. The van der Waals surface area contributed by atoms with Gasteiger partial charge in [0, 0.05) is 54.1 Å². The minimum atomic E-state index is -4.15. The highest BCUT2D eigenvalue weighted by molar-refractivity contribution is 6.06. The molecule has 44 heavy (non-hydrogen) atoms. The summed E-state index contributed by atoms with van der Waals surface area (Å²) in [7, 11) is 1.62. The Morgan fingerprint density at radius 2 is 1.84 bits per heavy atom. The van der Waals surface area contributed by atoms with Gasteiger partial charge in [-0.1, -0.05) is 32.0 Å². The minimum Gasteiger partial charge on any atom is -0.369 e. The van der Waals surface area contributed by atoms with E-state index in [0.29, 0.717) is 36.9 Å². The first-order valence-electron chi connectivity index (χ1n) is 15.0. The first-order chi connectivity index (χ1) is 21.1. The van der Waals surface area contributed by atoms with Gasteiger partial charge < -0.3 is 10.6 Å². The molecule has 1 saturated heterocycles. The number of hydrogen-bond acceptors (Lipinski definition) is 7. The molecule has 1 aromatic carbocycles. The number of nitrogens with one attached hydrogen (secondary N) is 2. The van der Waals surface area contributed by atoms with Gasteiger partial charge in [-0.15, -0.1) is 0 Å². The second kappa shape index (κ2) is 13.3. The summed E-state index contributed by atoms with van der Waals surface area (Å²) in [5.41, 5.74) is 4.68. The molecule has 0 bridgehead atoms. The number of para-hydroxylation sites is 1. The molecule has 0 unspecified atom stereocenters. The Labute approximate surface area is 255 Å². The lowest BCUT2D eigenvalue weighted by Gasteiger charge is -2.32. The molecule has 1 atom stereocenters. The standard InChI is InChI=1S/C33H38F3N7O/c1-4-32(2,27-7-5-6-25-26(31(44)37-3)10-13-38-30(25)27)19-40-29-17-28(41-21-42-29)23-8-9-24(39-18-23)16-22-11-14-43(15-12-22)20-33(34,35)36/h5-10,13,17-18,21-22H,4,11-12,14-16,19-20H2,1-3H3,(H,37,44)(H,40,41,42)/t32-/m1/s1. The summed E-state index contributed by atoms with van der Waals surface area (Å²) >= 11 is 0. The first-order valence-corrected chi connectivity index (χ1v) is 15.0. The molecule has 3 aromatic heterocycles. The molecule has 2 N–H and O–H groups in total. The van der Waals surface area contributed by atoms with E-state index in [1.807, 2.05) is 30.3 Å². The van der Waals surface area contributed by atoms with Crippen LogP contribution in [0.3, 0.4) is 0 Å². The van der Waals surface area contributed by atoms with E-state index in [2.05, 4.69) is 50.5 Å². The number of anilines is 1. The molecule has 1 aliphatic rings. The Morgan fingerprint density at radius 1 is 1.05 bits per heavy atom. The molecule has 0 radical (unpaired) electrons. The van der Waals surface area contributed by atoms with Crippen LogP contribution in [0.15, 0.2) is 61.2 Å². The van der Waals surface area contributed by atoms with Crippen LogP contribution >= 0.6 is 0 Å². The van der Waals surface area contributed by atoms with Crippen LogP contribution < -0.4 is 10.6 Å². The second-order valence-corrected chi connectivity index (χ2v) is 11.8. The normalized spacial score (nSPS) is 16.0. The number of amides is 1. The number of alkyl halides is 3. The topological polar surface area (TPSA) is 95.9 Å². The Morgan fingerprint density at radius 3 is 2.52 bits per heavy atom. The number of likely N-dealkylation sites (tertiary alicyclic amines) is 1. The molecule has 11 heteroatoms. The van der Waals surface area contributed by atoms with E-state index in [9.17, 15) is 18.0 Å². The van der Waals surface area contributed by atoms with Gasteiger partial charge in [0.25, 0.3) is 5.91 Å². The Balaban J connectivity index is 1.25. The largest absolute Gasteiger partial charge is 0.401 e. The maximum atomic E-state index is 12.7. The highest BCUT2D eigenvalue weighted by atomic mass is 19.4. The van der Waals surface area contributed by atoms with Crippen molar-refractivity contribution in [1.29, 1.82) is 0 Å². The van der Waals surface area contributed by atoms with E-state index in [1.54, 1.807) is 25.5 Å². The lowest BCUT2D eigenvalue weighted by atomic mass is 9.78. The zero-order valence-electron chi connectivity index (χ0n) is 25.3. The fourth-order valence-corrected chi connectivity index (χ4v) is 5.90. The number of rotatable bonds is 10.